The Bertz CT molecular complexity index is 629. The van der Waals surface area contributed by atoms with E-state index in [0.717, 1.165) is 16.9 Å². The first-order valence-electron chi connectivity index (χ1n) is 5.59. The Kier molecular flexibility index (Phi) is 4.81. The van der Waals surface area contributed by atoms with Gasteiger partial charge in [0.1, 0.15) is 0 Å². The summed E-state index contributed by atoms with van der Waals surface area (Å²) in [6.45, 7) is 0. The molecule has 0 fully saturated rings. The molecular weight excluding hydrogens is 387 g/mol. The molecule has 0 bridgehead atoms. The first-order valence-corrected chi connectivity index (χ1v) is 7.63. The Balaban J connectivity index is 0.00000133. The number of nitrogens with one attached hydrogen (secondary N) is 2. The van der Waals surface area contributed by atoms with Crippen LogP contribution in [-0.4, -0.2) is 11.3 Å². The van der Waals surface area contributed by atoms with Gasteiger partial charge in [-0.3, -0.25) is 5.41 Å². The number of para-hydroxylation sites is 1. The number of rotatable bonds is 1. The second-order valence-electron chi connectivity index (χ2n) is 3.97. The van der Waals surface area contributed by atoms with Crippen LogP contribution in [0.4, 0.5) is 11.4 Å². The molecule has 0 aliphatic carbocycles. The summed E-state index contributed by atoms with van der Waals surface area (Å²) < 4.78 is 0. The Morgan fingerprint density at radius 1 is 1.11 bits per heavy atom. The zero-order valence-electron chi connectivity index (χ0n) is 10.3. The predicted octanol–water partition coefficient (Wildman–Crippen LogP) is 5.20. The molecule has 98 valence electrons. The van der Waals surface area contributed by atoms with E-state index in [1.54, 1.807) is 11.8 Å². The second kappa shape index (κ2) is 6.19. The quantitative estimate of drug-likeness (QED) is 0.335. The van der Waals surface area contributed by atoms with E-state index >= 15 is 0 Å². The topological polar surface area (TPSA) is 35.9 Å². The van der Waals surface area contributed by atoms with Gasteiger partial charge in [0.05, 0.1) is 16.4 Å². The van der Waals surface area contributed by atoms with Gasteiger partial charge < -0.3 is 5.32 Å². The van der Waals surface area contributed by atoms with E-state index < -0.39 is 0 Å². The van der Waals surface area contributed by atoms with Crippen LogP contribution in [0.1, 0.15) is 5.56 Å². The van der Waals surface area contributed by atoms with Crippen molar-refractivity contribution < 1.29 is 0 Å². The van der Waals surface area contributed by atoms with E-state index in [1.165, 1.54) is 21.6 Å². The third kappa shape index (κ3) is 2.93. The van der Waals surface area contributed by atoms with Crippen molar-refractivity contribution in [3.8, 4) is 0 Å². The van der Waals surface area contributed by atoms with Gasteiger partial charge in [0.25, 0.3) is 0 Å². The molecule has 0 atom stereocenters. The van der Waals surface area contributed by atoms with E-state index in [1.807, 2.05) is 18.4 Å². The van der Waals surface area contributed by atoms with Gasteiger partial charge in [-0.25, -0.2) is 0 Å². The molecule has 1 heterocycles. The van der Waals surface area contributed by atoms with Crippen molar-refractivity contribution in [3.05, 3.63) is 48.0 Å². The molecule has 0 spiro atoms. The Morgan fingerprint density at radius 2 is 1.84 bits per heavy atom. The van der Waals surface area contributed by atoms with Gasteiger partial charge in [-0.2, -0.15) is 0 Å². The summed E-state index contributed by atoms with van der Waals surface area (Å²) in [7, 11) is 0. The molecule has 0 aromatic heterocycles. The highest BCUT2D eigenvalue weighted by atomic mass is 127. The normalized spacial score (nSPS) is 11.6. The summed E-state index contributed by atoms with van der Waals surface area (Å²) in [6.07, 6.45) is 1.93. The summed E-state index contributed by atoms with van der Waals surface area (Å²) in [5.41, 5.74) is 3.20. The lowest BCUT2D eigenvalue weighted by Gasteiger charge is -2.21. The maximum absolute atomic E-state index is 7.87. The smallest absolute Gasteiger partial charge is 0.0940 e. The molecule has 0 radical (unpaired) electrons. The lowest BCUT2D eigenvalue weighted by atomic mass is 10.2. The highest BCUT2D eigenvalue weighted by Crippen LogP contribution is 2.44. The van der Waals surface area contributed by atoms with Crippen LogP contribution in [0.15, 0.2) is 52.3 Å². The summed E-state index contributed by atoms with van der Waals surface area (Å²) in [5, 5.41) is 11.9. The number of halogens is 1. The van der Waals surface area contributed by atoms with Crippen molar-refractivity contribution in [2.24, 2.45) is 0 Å². The monoisotopic (exact) mass is 400 g/mol. The van der Waals surface area contributed by atoms with Crippen molar-refractivity contribution in [2.75, 3.05) is 11.6 Å². The number of anilines is 2. The molecule has 5 heteroatoms. The average molecular weight is 400 g/mol. The number of thioether (sulfide) groups is 1. The van der Waals surface area contributed by atoms with Crippen molar-refractivity contribution in [1.82, 2.24) is 0 Å². The van der Waals surface area contributed by atoms with E-state index in [4.69, 9.17) is 5.41 Å². The van der Waals surface area contributed by atoms with E-state index in [-0.39, 0.29) is 24.0 Å². The average Bonchev–Trinajstić information content (AvgIpc) is 2.43. The van der Waals surface area contributed by atoms with Crippen LogP contribution in [0.5, 0.6) is 0 Å². The minimum atomic E-state index is 0. The summed E-state index contributed by atoms with van der Waals surface area (Å²) in [5.74, 6) is 0. The molecule has 0 saturated heterocycles. The number of hydrogen-bond donors (Lipinski definition) is 2. The molecule has 2 aromatic carbocycles. The Morgan fingerprint density at radius 3 is 2.63 bits per heavy atom. The van der Waals surface area contributed by atoms with Crippen molar-refractivity contribution in [3.63, 3.8) is 0 Å². The van der Waals surface area contributed by atoms with Gasteiger partial charge in [0.15, 0.2) is 0 Å². The van der Waals surface area contributed by atoms with Gasteiger partial charge in [0.2, 0.25) is 0 Å². The fourth-order valence-corrected chi connectivity index (χ4v) is 3.23. The Labute approximate surface area is 138 Å². The van der Waals surface area contributed by atoms with Crippen LogP contribution in [0, 0.1) is 5.41 Å². The molecule has 2 N–H and O–H groups in total. The molecule has 1 aliphatic rings. The maximum Gasteiger partial charge on any atom is 0.0940 e. The van der Waals surface area contributed by atoms with E-state index in [0.29, 0.717) is 5.04 Å². The van der Waals surface area contributed by atoms with E-state index in [9.17, 15) is 0 Å². The van der Waals surface area contributed by atoms with Crippen molar-refractivity contribution >= 4 is 63.9 Å². The standard InChI is InChI=1S/C14H12N2S2.HI/c1-17-14(15)9-6-7-13-11(8-9)16-10-4-2-3-5-12(10)18-13;/h2-8,15-16H,1H3;1H. The number of benzene rings is 2. The Hall–Kier alpha value is -0.660. The SMILES string of the molecule is CSC(=N)c1ccc2c(c1)Nc1ccccc1S2.I. The fourth-order valence-electron chi connectivity index (χ4n) is 1.90. The first kappa shape index (κ1) is 14.7. The molecule has 0 saturated carbocycles. The summed E-state index contributed by atoms with van der Waals surface area (Å²) >= 11 is 3.23. The van der Waals surface area contributed by atoms with Crippen LogP contribution < -0.4 is 5.32 Å². The molecule has 0 amide bonds. The van der Waals surface area contributed by atoms with Crippen LogP contribution in [0.3, 0.4) is 0 Å². The van der Waals surface area contributed by atoms with Gasteiger partial charge in [-0.1, -0.05) is 30.0 Å². The van der Waals surface area contributed by atoms with Crippen molar-refractivity contribution in [1.29, 1.82) is 5.41 Å². The molecule has 19 heavy (non-hydrogen) atoms. The molecule has 0 unspecified atom stereocenters. The largest absolute Gasteiger partial charge is 0.354 e. The fraction of sp³-hybridized carbons (Fsp3) is 0.0714. The lowest BCUT2D eigenvalue weighted by Crippen LogP contribution is -2.01. The lowest BCUT2D eigenvalue weighted by molar-refractivity contribution is 1.31. The van der Waals surface area contributed by atoms with Crippen LogP contribution >= 0.6 is 47.5 Å². The minimum Gasteiger partial charge on any atom is -0.354 e. The molecule has 2 nitrogen and oxygen atoms in total. The summed E-state index contributed by atoms with van der Waals surface area (Å²) in [6, 6.07) is 14.4. The van der Waals surface area contributed by atoms with E-state index in [2.05, 4.69) is 35.6 Å². The predicted molar refractivity (Wildman–Crippen MR) is 96.0 cm³/mol. The third-order valence-corrected chi connectivity index (χ3v) is 4.62. The number of fused-ring (bicyclic) bond motifs is 2. The highest BCUT2D eigenvalue weighted by Gasteiger charge is 2.15. The zero-order chi connectivity index (χ0) is 12.5. The highest BCUT2D eigenvalue weighted by molar-refractivity contribution is 14.0. The van der Waals surface area contributed by atoms with Crippen LogP contribution in [0.2, 0.25) is 0 Å². The zero-order valence-corrected chi connectivity index (χ0v) is 14.2. The van der Waals surface area contributed by atoms with Crippen molar-refractivity contribution in [2.45, 2.75) is 9.79 Å². The van der Waals surface area contributed by atoms with Gasteiger partial charge in [0, 0.05) is 15.4 Å². The molecule has 1 aliphatic heterocycles. The number of hydrogen-bond acceptors (Lipinski definition) is 4. The van der Waals surface area contributed by atoms with Crippen LogP contribution in [-0.2, 0) is 0 Å². The van der Waals surface area contributed by atoms with Crippen LogP contribution in [0.25, 0.3) is 0 Å². The first-order chi connectivity index (χ1) is 8.78. The van der Waals surface area contributed by atoms with Gasteiger partial charge in [-0.05, 0) is 30.5 Å². The minimum absolute atomic E-state index is 0. The van der Waals surface area contributed by atoms with Gasteiger partial charge in [-0.15, -0.1) is 35.7 Å². The summed E-state index contributed by atoms with van der Waals surface area (Å²) in [4.78, 5) is 2.46. The maximum atomic E-state index is 7.87. The van der Waals surface area contributed by atoms with Gasteiger partial charge >= 0.3 is 0 Å². The molecule has 2 aromatic rings. The third-order valence-electron chi connectivity index (χ3n) is 2.82. The molecular formula is C14H13IN2S2. The molecule has 3 rings (SSSR count). The second-order valence-corrected chi connectivity index (χ2v) is 5.87.